The van der Waals surface area contributed by atoms with Crippen LogP contribution in [-0.4, -0.2) is 15.0 Å². The average Bonchev–Trinajstić information content (AvgIpc) is 2.70. The number of hydrogen-bond acceptors (Lipinski definition) is 6. The third-order valence-corrected chi connectivity index (χ3v) is 5.64. The van der Waals surface area contributed by atoms with Crippen LogP contribution in [0.25, 0.3) is 22.2 Å². The summed E-state index contributed by atoms with van der Waals surface area (Å²) >= 11 is 10.1. The van der Waals surface area contributed by atoms with Crippen LogP contribution in [0.5, 0.6) is 11.8 Å². The highest BCUT2D eigenvalue weighted by molar-refractivity contribution is 9.10. The molecule has 0 saturated heterocycles. The molecular weight excluding hydrogens is 456 g/mol. The Hall–Kier alpha value is -2.74. The number of halogens is 2. The summed E-state index contributed by atoms with van der Waals surface area (Å²) in [7, 11) is 0. The minimum absolute atomic E-state index is 0.0527. The molecule has 0 atom stereocenters. The number of para-hydroxylation sites is 1. The van der Waals surface area contributed by atoms with Gasteiger partial charge in [0.2, 0.25) is 5.95 Å². The summed E-state index contributed by atoms with van der Waals surface area (Å²) in [6.45, 7) is 1.07. The van der Waals surface area contributed by atoms with Crippen molar-refractivity contribution in [1.29, 1.82) is 0 Å². The van der Waals surface area contributed by atoms with Crippen molar-refractivity contribution in [2.75, 3.05) is 5.73 Å². The zero-order chi connectivity index (χ0) is 20.0. The minimum Gasteiger partial charge on any atom is -0.423 e. The number of benzene rings is 3. The third kappa shape index (κ3) is 3.31. The molecule has 6 nitrogen and oxygen atoms in total. The lowest BCUT2D eigenvalue weighted by Gasteiger charge is -2.20. The van der Waals surface area contributed by atoms with Crippen molar-refractivity contribution in [3.63, 3.8) is 0 Å². The second-order valence-corrected chi connectivity index (χ2v) is 7.82. The first-order valence-electron chi connectivity index (χ1n) is 8.85. The van der Waals surface area contributed by atoms with Gasteiger partial charge in [0.05, 0.1) is 22.7 Å². The van der Waals surface area contributed by atoms with E-state index in [0.717, 1.165) is 26.4 Å². The van der Waals surface area contributed by atoms with Gasteiger partial charge in [0.15, 0.2) is 5.82 Å². The Balaban J connectivity index is 1.68. The molecule has 3 aromatic carbocycles. The standard InChI is InChI=1S/C21H14BrClN4O2/c22-14-6-1-2-7-16(14)29-21-26-19(25-20(24)27-21)18-13-5-3-4-11-9-28-10-12(17(11)13)8-15(18)23/h1-8H,9-10H2,(H2,24,25,26,27). The number of hydrogen-bond donors (Lipinski definition) is 1. The van der Waals surface area contributed by atoms with E-state index in [1.807, 2.05) is 42.5 Å². The van der Waals surface area contributed by atoms with E-state index in [4.69, 9.17) is 26.8 Å². The molecule has 5 rings (SSSR count). The molecule has 0 saturated carbocycles. The second-order valence-electron chi connectivity index (χ2n) is 6.56. The lowest BCUT2D eigenvalue weighted by molar-refractivity contribution is 0.103. The monoisotopic (exact) mass is 468 g/mol. The predicted molar refractivity (Wildman–Crippen MR) is 115 cm³/mol. The number of ether oxygens (including phenoxy) is 2. The van der Waals surface area contributed by atoms with Gasteiger partial charge in [-0.25, -0.2) is 0 Å². The normalized spacial score (nSPS) is 12.9. The van der Waals surface area contributed by atoms with Gasteiger partial charge in [-0.15, -0.1) is 0 Å². The fourth-order valence-electron chi connectivity index (χ4n) is 3.50. The van der Waals surface area contributed by atoms with Crippen molar-refractivity contribution >= 4 is 44.3 Å². The van der Waals surface area contributed by atoms with Crippen molar-refractivity contribution in [2.24, 2.45) is 0 Å². The first-order chi connectivity index (χ1) is 14.1. The van der Waals surface area contributed by atoms with Gasteiger partial charge < -0.3 is 15.2 Å². The second kappa shape index (κ2) is 7.26. The average molecular weight is 470 g/mol. The number of nitrogens with two attached hydrogens (primary N) is 1. The highest BCUT2D eigenvalue weighted by atomic mass is 79.9. The van der Waals surface area contributed by atoms with Crippen molar-refractivity contribution < 1.29 is 9.47 Å². The molecule has 1 aliphatic heterocycles. The van der Waals surface area contributed by atoms with Crippen LogP contribution < -0.4 is 10.5 Å². The summed E-state index contributed by atoms with van der Waals surface area (Å²) in [6.07, 6.45) is 0. The van der Waals surface area contributed by atoms with Crippen LogP contribution in [-0.2, 0) is 18.0 Å². The zero-order valence-electron chi connectivity index (χ0n) is 15.0. The lowest BCUT2D eigenvalue weighted by Crippen LogP contribution is -2.07. The third-order valence-electron chi connectivity index (χ3n) is 4.69. The Morgan fingerprint density at radius 3 is 2.69 bits per heavy atom. The highest BCUT2D eigenvalue weighted by Gasteiger charge is 2.21. The van der Waals surface area contributed by atoms with E-state index in [0.29, 0.717) is 35.4 Å². The van der Waals surface area contributed by atoms with Gasteiger partial charge in [-0.3, -0.25) is 0 Å². The van der Waals surface area contributed by atoms with Gasteiger partial charge in [0.25, 0.3) is 0 Å². The van der Waals surface area contributed by atoms with Gasteiger partial charge >= 0.3 is 6.01 Å². The van der Waals surface area contributed by atoms with E-state index < -0.39 is 0 Å². The van der Waals surface area contributed by atoms with Crippen LogP contribution in [0.3, 0.4) is 0 Å². The predicted octanol–water partition coefficient (Wildman–Crippen LogP) is 5.51. The fraction of sp³-hybridized carbons (Fsp3) is 0.0952. The number of anilines is 1. The molecule has 144 valence electrons. The summed E-state index contributed by atoms with van der Waals surface area (Å²) in [5.41, 5.74) is 8.81. The van der Waals surface area contributed by atoms with Gasteiger partial charge in [0.1, 0.15) is 5.75 Å². The maximum Gasteiger partial charge on any atom is 0.327 e. The Morgan fingerprint density at radius 1 is 1.00 bits per heavy atom. The molecule has 0 aliphatic carbocycles. The molecule has 0 unspecified atom stereocenters. The zero-order valence-corrected chi connectivity index (χ0v) is 17.4. The lowest BCUT2D eigenvalue weighted by atomic mass is 9.94. The topological polar surface area (TPSA) is 83.2 Å². The highest BCUT2D eigenvalue weighted by Crippen LogP contribution is 2.40. The smallest absolute Gasteiger partial charge is 0.327 e. The molecule has 2 N–H and O–H groups in total. The SMILES string of the molecule is Nc1nc(Oc2ccccc2Br)nc(-c2c(Cl)cc3c4c(cccc24)COC3)n1. The molecule has 2 heterocycles. The number of aromatic nitrogens is 3. The van der Waals surface area contributed by atoms with Gasteiger partial charge in [-0.1, -0.05) is 41.9 Å². The van der Waals surface area contributed by atoms with Crippen LogP contribution in [0.15, 0.2) is 53.0 Å². The molecular formula is C21H14BrClN4O2. The summed E-state index contributed by atoms with van der Waals surface area (Å²) in [4.78, 5) is 12.9. The quantitative estimate of drug-likeness (QED) is 0.426. The summed E-state index contributed by atoms with van der Waals surface area (Å²) < 4.78 is 12.3. The van der Waals surface area contributed by atoms with E-state index >= 15 is 0 Å². The van der Waals surface area contributed by atoms with Crippen LogP contribution in [0.4, 0.5) is 5.95 Å². The van der Waals surface area contributed by atoms with Crippen LogP contribution in [0.2, 0.25) is 5.02 Å². The van der Waals surface area contributed by atoms with Crippen molar-refractivity contribution in [2.45, 2.75) is 13.2 Å². The van der Waals surface area contributed by atoms with E-state index in [1.165, 1.54) is 0 Å². The van der Waals surface area contributed by atoms with E-state index in [2.05, 4.69) is 30.9 Å². The summed E-state index contributed by atoms with van der Waals surface area (Å²) in [6, 6.07) is 15.4. The van der Waals surface area contributed by atoms with Gasteiger partial charge in [-0.2, -0.15) is 15.0 Å². The Kier molecular flexibility index (Phi) is 4.58. The van der Waals surface area contributed by atoms with E-state index in [-0.39, 0.29) is 12.0 Å². The minimum atomic E-state index is 0.0527. The molecule has 1 aliphatic rings. The number of nitrogens with zero attached hydrogens (tertiary/aromatic N) is 3. The Labute approximate surface area is 179 Å². The molecule has 8 heteroatoms. The molecule has 0 amide bonds. The molecule has 1 aromatic heterocycles. The maximum atomic E-state index is 6.64. The molecule has 0 fully saturated rings. The van der Waals surface area contributed by atoms with Crippen LogP contribution in [0, 0.1) is 0 Å². The van der Waals surface area contributed by atoms with Crippen LogP contribution in [0.1, 0.15) is 11.1 Å². The number of nitrogen functional groups attached to an aromatic ring is 1. The largest absolute Gasteiger partial charge is 0.423 e. The summed E-state index contributed by atoms with van der Waals surface area (Å²) in [5.74, 6) is 0.987. The Morgan fingerprint density at radius 2 is 1.83 bits per heavy atom. The Bertz CT molecular complexity index is 1270. The molecule has 0 radical (unpaired) electrons. The molecule has 0 bridgehead atoms. The first kappa shape index (κ1) is 18.3. The van der Waals surface area contributed by atoms with Crippen molar-refractivity contribution in [3.8, 4) is 23.1 Å². The van der Waals surface area contributed by atoms with Gasteiger partial charge in [-0.05, 0) is 56.0 Å². The molecule has 29 heavy (non-hydrogen) atoms. The summed E-state index contributed by atoms with van der Waals surface area (Å²) in [5, 5.41) is 2.59. The maximum absolute atomic E-state index is 6.64. The molecule has 4 aromatic rings. The van der Waals surface area contributed by atoms with E-state index in [1.54, 1.807) is 6.07 Å². The van der Waals surface area contributed by atoms with E-state index in [9.17, 15) is 0 Å². The first-order valence-corrected chi connectivity index (χ1v) is 10.0. The van der Waals surface area contributed by atoms with Crippen molar-refractivity contribution in [3.05, 3.63) is 69.2 Å². The van der Waals surface area contributed by atoms with Gasteiger partial charge in [0, 0.05) is 5.56 Å². The molecule has 0 spiro atoms. The fourth-order valence-corrected chi connectivity index (χ4v) is 4.19. The van der Waals surface area contributed by atoms with Crippen LogP contribution >= 0.6 is 27.5 Å². The van der Waals surface area contributed by atoms with Crippen molar-refractivity contribution in [1.82, 2.24) is 15.0 Å². The number of rotatable bonds is 3.